The quantitative estimate of drug-likeness (QED) is 0.894. The molecule has 0 amide bonds. The highest BCUT2D eigenvalue weighted by Crippen LogP contribution is 2.27. The molecule has 110 valence electrons. The molecule has 0 saturated carbocycles. The summed E-state index contributed by atoms with van der Waals surface area (Å²) in [4.78, 5) is 18.0. The number of nitrogens with zero attached hydrogens (tertiary/aromatic N) is 2. The van der Waals surface area contributed by atoms with Crippen LogP contribution in [0.3, 0.4) is 0 Å². The summed E-state index contributed by atoms with van der Waals surface area (Å²) in [6, 6.07) is 1.88. The summed E-state index contributed by atoms with van der Waals surface area (Å²) in [5, 5.41) is 9.43. The monoisotopic (exact) mass is 278 g/mol. The van der Waals surface area contributed by atoms with E-state index in [0.717, 1.165) is 36.9 Å². The van der Waals surface area contributed by atoms with E-state index in [4.69, 9.17) is 4.74 Å². The lowest BCUT2D eigenvalue weighted by atomic mass is 9.94. The van der Waals surface area contributed by atoms with Gasteiger partial charge in [-0.1, -0.05) is 0 Å². The van der Waals surface area contributed by atoms with Crippen molar-refractivity contribution in [2.45, 2.75) is 38.6 Å². The highest BCUT2D eigenvalue weighted by Gasteiger charge is 2.23. The van der Waals surface area contributed by atoms with Crippen LogP contribution in [0.5, 0.6) is 0 Å². The number of rotatable bonds is 5. The average Bonchev–Trinajstić information content (AvgIpc) is 2.45. The van der Waals surface area contributed by atoms with Gasteiger partial charge in [0.25, 0.3) is 0 Å². The van der Waals surface area contributed by atoms with E-state index in [9.17, 15) is 9.90 Å². The van der Waals surface area contributed by atoms with Crippen molar-refractivity contribution >= 4 is 11.8 Å². The van der Waals surface area contributed by atoms with Crippen molar-refractivity contribution in [2.75, 3.05) is 25.7 Å². The molecule has 1 heterocycles. The molecular formula is C15H22N2O3. The number of carboxylic acids is 1. The Morgan fingerprint density at radius 2 is 2.20 bits per heavy atom. The molecule has 1 aromatic rings. The van der Waals surface area contributed by atoms with E-state index < -0.39 is 5.97 Å². The fraction of sp³-hybridized carbons (Fsp3) is 0.600. The smallest absolute Gasteiger partial charge is 0.339 e. The summed E-state index contributed by atoms with van der Waals surface area (Å²) >= 11 is 0. The van der Waals surface area contributed by atoms with Gasteiger partial charge in [0.05, 0.1) is 12.6 Å². The van der Waals surface area contributed by atoms with E-state index in [0.29, 0.717) is 12.4 Å². The van der Waals surface area contributed by atoms with Gasteiger partial charge in [-0.3, -0.25) is 0 Å². The molecule has 1 aromatic heterocycles. The molecule has 1 aliphatic rings. The topological polar surface area (TPSA) is 62.7 Å². The summed E-state index contributed by atoms with van der Waals surface area (Å²) in [6.45, 7) is 2.53. The van der Waals surface area contributed by atoms with Gasteiger partial charge < -0.3 is 14.7 Å². The number of aryl methyl sites for hydroxylation is 2. The first-order valence-electron chi connectivity index (χ1n) is 7.02. The Labute approximate surface area is 119 Å². The summed E-state index contributed by atoms with van der Waals surface area (Å²) in [5.41, 5.74) is 2.43. The number of carboxylic acid groups (broad SMARTS) is 1. The van der Waals surface area contributed by atoms with E-state index in [1.54, 1.807) is 13.2 Å². The second-order valence-electron chi connectivity index (χ2n) is 5.39. The fourth-order valence-electron chi connectivity index (χ4n) is 2.61. The van der Waals surface area contributed by atoms with Crippen LogP contribution >= 0.6 is 0 Å². The number of pyridine rings is 1. The van der Waals surface area contributed by atoms with Crippen LogP contribution in [-0.2, 0) is 17.6 Å². The van der Waals surface area contributed by atoms with Crippen LogP contribution in [0.2, 0.25) is 0 Å². The number of likely N-dealkylation sites (N-methyl/N-ethyl adjacent to an activating group) is 1. The number of fused-ring (bicyclic) bond motifs is 1. The Hall–Kier alpha value is -1.62. The zero-order chi connectivity index (χ0) is 14.7. The van der Waals surface area contributed by atoms with Gasteiger partial charge in [0.15, 0.2) is 0 Å². The zero-order valence-electron chi connectivity index (χ0n) is 12.3. The molecule has 1 atom stereocenters. The predicted octanol–water partition coefficient (Wildman–Crippen LogP) is 2.13. The van der Waals surface area contributed by atoms with Gasteiger partial charge in [-0.05, 0) is 44.2 Å². The van der Waals surface area contributed by atoms with E-state index in [1.165, 1.54) is 0 Å². The van der Waals surface area contributed by atoms with Crippen molar-refractivity contribution in [3.05, 3.63) is 22.9 Å². The molecule has 0 saturated heterocycles. The zero-order valence-corrected chi connectivity index (χ0v) is 12.3. The van der Waals surface area contributed by atoms with Crippen molar-refractivity contribution in [2.24, 2.45) is 0 Å². The lowest BCUT2D eigenvalue weighted by molar-refractivity contribution is 0.0696. The van der Waals surface area contributed by atoms with Gasteiger partial charge in [-0.15, -0.1) is 0 Å². The summed E-state index contributed by atoms with van der Waals surface area (Å²) in [6.07, 6.45) is 4.11. The van der Waals surface area contributed by atoms with E-state index in [2.05, 4.69) is 4.98 Å². The Kier molecular flexibility index (Phi) is 4.60. The van der Waals surface area contributed by atoms with Gasteiger partial charge in [0, 0.05) is 19.9 Å². The lowest BCUT2D eigenvalue weighted by Gasteiger charge is -2.28. The number of hydrogen-bond acceptors (Lipinski definition) is 4. The minimum absolute atomic E-state index is 0.0761. The van der Waals surface area contributed by atoms with Crippen molar-refractivity contribution in [1.29, 1.82) is 0 Å². The molecule has 0 bridgehead atoms. The summed E-state index contributed by atoms with van der Waals surface area (Å²) in [7, 11) is 3.51. The SMILES string of the molecule is COCC(C)N(C)c1nc2c(cc1C(=O)O)CCCC2. The highest BCUT2D eigenvalue weighted by atomic mass is 16.5. The van der Waals surface area contributed by atoms with Crippen LogP contribution in [-0.4, -0.2) is 42.9 Å². The Balaban J connectivity index is 2.41. The first-order valence-corrected chi connectivity index (χ1v) is 7.02. The number of methoxy groups -OCH3 is 1. The van der Waals surface area contributed by atoms with Crippen molar-refractivity contribution < 1.29 is 14.6 Å². The first-order chi connectivity index (χ1) is 9.54. The van der Waals surface area contributed by atoms with Gasteiger partial charge >= 0.3 is 5.97 Å². The second kappa shape index (κ2) is 6.22. The maximum absolute atomic E-state index is 11.5. The van der Waals surface area contributed by atoms with Gasteiger partial charge in [0.1, 0.15) is 11.4 Å². The lowest BCUT2D eigenvalue weighted by Crippen LogP contribution is -2.35. The number of aromatic carboxylic acids is 1. The van der Waals surface area contributed by atoms with Crippen LogP contribution in [0.4, 0.5) is 5.82 Å². The van der Waals surface area contributed by atoms with Crippen molar-refractivity contribution in [3.8, 4) is 0 Å². The normalized spacial score (nSPS) is 15.6. The fourth-order valence-corrected chi connectivity index (χ4v) is 2.61. The molecule has 0 aliphatic heterocycles. The maximum Gasteiger partial charge on any atom is 0.339 e. The van der Waals surface area contributed by atoms with Gasteiger partial charge in [-0.25, -0.2) is 9.78 Å². The molecule has 5 heteroatoms. The minimum atomic E-state index is -0.919. The first kappa shape index (κ1) is 14.8. The summed E-state index contributed by atoms with van der Waals surface area (Å²) in [5.74, 6) is -0.375. The van der Waals surface area contributed by atoms with Gasteiger partial charge in [0.2, 0.25) is 0 Å². The molecule has 0 spiro atoms. The molecule has 1 aliphatic carbocycles. The van der Waals surface area contributed by atoms with Crippen LogP contribution in [0.25, 0.3) is 0 Å². The van der Waals surface area contributed by atoms with Crippen molar-refractivity contribution in [3.63, 3.8) is 0 Å². The van der Waals surface area contributed by atoms with Crippen LogP contribution in [0, 0.1) is 0 Å². The number of anilines is 1. The minimum Gasteiger partial charge on any atom is -0.478 e. The maximum atomic E-state index is 11.5. The van der Waals surface area contributed by atoms with Gasteiger partial charge in [-0.2, -0.15) is 0 Å². The van der Waals surface area contributed by atoms with E-state index in [-0.39, 0.29) is 11.6 Å². The molecule has 0 aromatic carbocycles. The van der Waals surface area contributed by atoms with Crippen LogP contribution in [0.1, 0.15) is 41.4 Å². The highest BCUT2D eigenvalue weighted by molar-refractivity contribution is 5.93. The molecule has 0 fully saturated rings. The molecule has 0 radical (unpaired) electrons. The summed E-state index contributed by atoms with van der Waals surface area (Å²) < 4.78 is 5.14. The van der Waals surface area contributed by atoms with Crippen LogP contribution < -0.4 is 4.90 Å². The van der Waals surface area contributed by atoms with Crippen LogP contribution in [0.15, 0.2) is 6.07 Å². The number of hydrogen-bond donors (Lipinski definition) is 1. The number of carbonyl (C=O) groups is 1. The number of ether oxygens (including phenoxy) is 1. The molecule has 1 unspecified atom stereocenters. The Morgan fingerprint density at radius 3 is 2.85 bits per heavy atom. The third-order valence-corrected chi connectivity index (χ3v) is 3.91. The third kappa shape index (κ3) is 2.93. The molecular weight excluding hydrogens is 256 g/mol. The molecule has 20 heavy (non-hydrogen) atoms. The molecule has 5 nitrogen and oxygen atoms in total. The third-order valence-electron chi connectivity index (χ3n) is 3.91. The Bertz CT molecular complexity index is 502. The number of aromatic nitrogens is 1. The second-order valence-corrected chi connectivity index (χ2v) is 5.39. The van der Waals surface area contributed by atoms with Crippen molar-refractivity contribution in [1.82, 2.24) is 4.98 Å². The Morgan fingerprint density at radius 1 is 1.50 bits per heavy atom. The van der Waals surface area contributed by atoms with E-state index in [1.807, 2.05) is 18.9 Å². The average molecular weight is 278 g/mol. The molecule has 1 N–H and O–H groups in total. The standard InChI is InChI=1S/C15H22N2O3/c1-10(9-20-3)17(2)14-12(15(18)19)8-11-6-4-5-7-13(11)16-14/h8,10H,4-7,9H2,1-3H3,(H,18,19). The van der Waals surface area contributed by atoms with E-state index >= 15 is 0 Å². The largest absolute Gasteiger partial charge is 0.478 e. The molecule has 2 rings (SSSR count). The predicted molar refractivity (Wildman–Crippen MR) is 77.6 cm³/mol.